The van der Waals surface area contributed by atoms with E-state index in [2.05, 4.69) is 5.32 Å². The van der Waals surface area contributed by atoms with E-state index in [1.54, 1.807) is 6.07 Å². The molecule has 4 heteroatoms. The van der Waals surface area contributed by atoms with Gasteiger partial charge in [-0.2, -0.15) is 0 Å². The lowest BCUT2D eigenvalue weighted by atomic mass is 9.87. The van der Waals surface area contributed by atoms with E-state index in [1.807, 2.05) is 6.92 Å². The molecule has 1 unspecified atom stereocenters. The Bertz CT molecular complexity index is 431. The predicted octanol–water partition coefficient (Wildman–Crippen LogP) is 2.07. The van der Waals surface area contributed by atoms with Crippen LogP contribution >= 0.6 is 0 Å². The lowest BCUT2D eigenvalue weighted by Gasteiger charge is -2.26. The topological polar surface area (TPSA) is 38.3 Å². The number of ether oxygens (including phenoxy) is 1. The van der Waals surface area contributed by atoms with Crippen molar-refractivity contribution < 1.29 is 13.9 Å². The number of carbonyl (C=O) groups is 1. The lowest BCUT2D eigenvalue weighted by Crippen LogP contribution is -2.36. The fraction of sp³-hybridized carbons (Fsp3) is 0.417. The molecule has 1 aliphatic heterocycles. The Morgan fingerprint density at radius 1 is 1.56 bits per heavy atom. The standard InChI is InChI=1S/C12H14FNO2/c1-3-7-6-14-12(15)11-8(13)4-5-9(16-2)10(7)11/h4-5,7H,3,6H2,1-2H3,(H,14,15). The first-order valence-electron chi connectivity index (χ1n) is 5.33. The molecule has 0 spiro atoms. The smallest absolute Gasteiger partial charge is 0.254 e. The van der Waals surface area contributed by atoms with Gasteiger partial charge in [-0.25, -0.2) is 4.39 Å². The van der Waals surface area contributed by atoms with Crippen LogP contribution in [-0.4, -0.2) is 19.6 Å². The maximum absolute atomic E-state index is 13.6. The van der Waals surface area contributed by atoms with Gasteiger partial charge >= 0.3 is 0 Å². The molecular weight excluding hydrogens is 209 g/mol. The number of hydrogen-bond acceptors (Lipinski definition) is 2. The predicted molar refractivity (Wildman–Crippen MR) is 58.3 cm³/mol. The molecule has 0 aliphatic carbocycles. The molecule has 0 radical (unpaired) electrons. The summed E-state index contributed by atoms with van der Waals surface area (Å²) in [5.74, 6) is -0.112. The number of fused-ring (bicyclic) bond motifs is 1. The van der Waals surface area contributed by atoms with Gasteiger partial charge < -0.3 is 10.1 Å². The maximum atomic E-state index is 13.6. The van der Waals surface area contributed by atoms with Gasteiger partial charge in [-0.3, -0.25) is 4.79 Å². The van der Waals surface area contributed by atoms with Crippen LogP contribution in [0.1, 0.15) is 35.2 Å². The van der Waals surface area contributed by atoms with Crippen molar-refractivity contribution >= 4 is 5.91 Å². The second-order valence-corrected chi connectivity index (χ2v) is 3.85. The maximum Gasteiger partial charge on any atom is 0.254 e. The molecule has 1 aliphatic rings. The number of amides is 1. The first-order valence-corrected chi connectivity index (χ1v) is 5.33. The van der Waals surface area contributed by atoms with Crippen LogP contribution in [0.3, 0.4) is 0 Å². The zero-order valence-corrected chi connectivity index (χ0v) is 9.34. The van der Waals surface area contributed by atoms with Crippen molar-refractivity contribution in [2.45, 2.75) is 19.3 Å². The lowest BCUT2D eigenvalue weighted by molar-refractivity contribution is 0.0934. The molecule has 0 bridgehead atoms. The fourth-order valence-corrected chi connectivity index (χ4v) is 2.14. The molecule has 3 nitrogen and oxygen atoms in total. The van der Waals surface area contributed by atoms with E-state index in [0.29, 0.717) is 17.9 Å². The molecule has 1 atom stereocenters. The molecule has 86 valence electrons. The van der Waals surface area contributed by atoms with Crippen LogP contribution in [0, 0.1) is 5.82 Å². The van der Waals surface area contributed by atoms with Crippen LogP contribution in [0.2, 0.25) is 0 Å². The van der Waals surface area contributed by atoms with Gasteiger partial charge in [0.1, 0.15) is 11.6 Å². The minimum absolute atomic E-state index is 0.123. The average molecular weight is 223 g/mol. The summed E-state index contributed by atoms with van der Waals surface area (Å²) in [6, 6.07) is 2.85. The minimum atomic E-state index is -0.480. The minimum Gasteiger partial charge on any atom is -0.496 e. The summed E-state index contributed by atoms with van der Waals surface area (Å²) in [5.41, 5.74) is 0.839. The van der Waals surface area contributed by atoms with E-state index in [0.717, 1.165) is 6.42 Å². The van der Waals surface area contributed by atoms with Gasteiger partial charge in [0.25, 0.3) is 5.91 Å². The van der Waals surface area contributed by atoms with E-state index in [1.165, 1.54) is 13.2 Å². The molecule has 0 fully saturated rings. The summed E-state index contributed by atoms with van der Waals surface area (Å²) < 4.78 is 18.8. The Labute approximate surface area is 93.6 Å². The molecule has 0 saturated heterocycles. The Balaban J connectivity index is 2.65. The first-order chi connectivity index (χ1) is 7.69. The monoisotopic (exact) mass is 223 g/mol. The quantitative estimate of drug-likeness (QED) is 0.833. The second kappa shape index (κ2) is 4.12. The molecule has 16 heavy (non-hydrogen) atoms. The van der Waals surface area contributed by atoms with Crippen molar-refractivity contribution in [3.8, 4) is 5.75 Å². The highest BCUT2D eigenvalue weighted by Gasteiger charge is 2.30. The van der Waals surface area contributed by atoms with Gasteiger partial charge in [0.15, 0.2) is 0 Å². The summed E-state index contributed by atoms with van der Waals surface area (Å²) >= 11 is 0. The number of rotatable bonds is 2. The third-order valence-corrected chi connectivity index (χ3v) is 3.01. The van der Waals surface area contributed by atoms with E-state index in [-0.39, 0.29) is 17.4 Å². The molecule has 1 aromatic carbocycles. The van der Waals surface area contributed by atoms with Gasteiger partial charge in [-0.05, 0) is 18.6 Å². The summed E-state index contributed by atoms with van der Waals surface area (Å²) in [4.78, 5) is 11.6. The van der Waals surface area contributed by atoms with Gasteiger partial charge in [-0.15, -0.1) is 0 Å². The first kappa shape index (κ1) is 10.9. The Morgan fingerprint density at radius 3 is 2.94 bits per heavy atom. The van der Waals surface area contributed by atoms with Gasteiger partial charge in [0.2, 0.25) is 0 Å². The van der Waals surface area contributed by atoms with E-state index in [4.69, 9.17) is 4.74 Å². The van der Waals surface area contributed by atoms with E-state index >= 15 is 0 Å². The number of nitrogens with one attached hydrogen (secondary N) is 1. The number of methoxy groups -OCH3 is 1. The Morgan fingerprint density at radius 2 is 2.31 bits per heavy atom. The highest BCUT2D eigenvalue weighted by atomic mass is 19.1. The van der Waals surface area contributed by atoms with Gasteiger partial charge in [0, 0.05) is 18.0 Å². The van der Waals surface area contributed by atoms with Crippen molar-refractivity contribution in [2.24, 2.45) is 0 Å². The molecule has 1 N–H and O–H groups in total. The average Bonchev–Trinajstić information content (AvgIpc) is 2.30. The zero-order valence-electron chi connectivity index (χ0n) is 9.34. The summed E-state index contributed by atoms with van der Waals surface area (Å²) in [5, 5.41) is 2.70. The van der Waals surface area contributed by atoms with Crippen molar-refractivity contribution in [3.05, 3.63) is 29.1 Å². The summed E-state index contributed by atoms with van der Waals surface area (Å²) in [6.45, 7) is 2.55. The number of carbonyl (C=O) groups excluding carboxylic acids is 1. The normalized spacial score (nSPS) is 18.9. The van der Waals surface area contributed by atoms with E-state index < -0.39 is 5.82 Å². The molecule has 2 rings (SSSR count). The number of hydrogen-bond donors (Lipinski definition) is 1. The molecule has 1 aromatic rings. The molecule has 0 aromatic heterocycles. The van der Waals surface area contributed by atoms with Crippen LogP contribution < -0.4 is 10.1 Å². The highest BCUT2D eigenvalue weighted by Crippen LogP contribution is 2.35. The SMILES string of the molecule is CCC1CNC(=O)c2c(F)ccc(OC)c21. The zero-order chi connectivity index (χ0) is 11.7. The van der Waals surface area contributed by atoms with Crippen molar-refractivity contribution in [1.29, 1.82) is 0 Å². The van der Waals surface area contributed by atoms with Gasteiger partial charge in [0.05, 0.1) is 12.7 Å². The number of benzene rings is 1. The van der Waals surface area contributed by atoms with Crippen LogP contribution in [-0.2, 0) is 0 Å². The van der Waals surface area contributed by atoms with E-state index in [9.17, 15) is 9.18 Å². The second-order valence-electron chi connectivity index (χ2n) is 3.85. The van der Waals surface area contributed by atoms with Crippen LogP contribution in [0.5, 0.6) is 5.75 Å². The fourth-order valence-electron chi connectivity index (χ4n) is 2.14. The van der Waals surface area contributed by atoms with Crippen molar-refractivity contribution in [1.82, 2.24) is 5.32 Å². The molecular formula is C12H14FNO2. The van der Waals surface area contributed by atoms with Crippen LogP contribution in [0.15, 0.2) is 12.1 Å². The van der Waals surface area contributed by atoms with Crippen molar-refractivity contribution in [3.63, 3.8) is 0 Å². The largest absolute Gasteiger partial charge is 0.496 e. The summed E-state index contributed by atoms with van der Waals surface area (Å²) in [7, 11) is 1.53. The van der Waals surface area contributed by atoms with Crippen LogP contribution in [0.4, 0.5) is 4.39 Å². The third kappa shape index (κ3) is 1.54. The molecule has 0 saturated carbocycles. The Kier molecular flexibility index (Phi) is 2.81. The van der Waals surface area contributed by atoms with Crippen molar-refractivity contribution in [2.75, 3.05) is 13.7 Å². The van der Waals surface area contributed by atoms with Gasteiger partial charge in [-0.1, -0.05) is 6.92 Å². The number of halogens is 1. The highest BCUT2D eigenvalue weighted by molar-refractivity contribution is 5.98. The van der Waals surface area contributed by atoms with Crippen LogP contribution in [0.25, 0.3) is 0 Å². The Hall–Kier alpha value is -1.58. The third-order valence-electron chi connectivity index (χ3n) is 3.01. The summed E-state index contributed by atoms with van der Waals surface area (Å²) in [6.07, 6.45) is 0.840. The molecule has 1 amide bonds. The molecule has 1 heterocycles.